The van der Waals surface area contributed by atoms with Crippen molar-refractivity contribution in [2.24, 2.45) is 5.92 Å². The van der Waals surface area contributed by atoms with Crippen molar-refractivity contribution in [2.45, 2.75) is 50.7 Å². The fourth-order valence-corrected chi connectivity index (χ4v) is 4.93. The first-order valence-corrected chi connectivity index (χ1v) is 12.2. The smallest absolute Gasteiger partial charge is 0.407 e. The number of aliphatic carboxylic acids is 1. The average Bonchev–Trinajstić information content (AvgIpc) is 3.47. The molecular weight excluding hydrogens is 448 g/mol. The van der Waals surface area contributed by atoms with Gasteiger partial charge in [0.15, 0.2) is 6.10 Å². The van der Waals surface area contributed by atoms with Crippen LogP contribution in [0.15, 0.2) is 48.5 Å². The lowest BCUT2D eigenvalue weighted by Crippen LogP contribution is -2.48. The molecule has 3 unspecified atom stereocenters. The first-order chi connectivity index (χ1) is 17.0. The van der Waals surface area contributed by atoms with E-state index in [4.69, 9.17) is 9.47 Å². The van der Waals surface area contributed by atoms with E-state index < -0.39 is 24.2 Å². The highest BCUT2D eigenvalue weighted by Crippen LogP contribution is 2.44. The van der Waals surface area contributed by atoms with Crippen LogP contribution in [0.3, 0.4) is 0 Å². The number of carboxylic acids is 1. The SMILES string of the molecule is CCCCC(NC(=O)OCC1c2ccccc2-c2ccccc21)C(=O)NCC1CCOC1C(=O)O. The second-order valence-corrected chi connectivity index (χ2v) is 9.09. The van der Waals surface area contributed by atoms with Gasteiger partial charge in [-0.05, 0) is 35.1 Å². The van der Waals surface area contributed by atoms with Gasteiger partial charge in [0.1, 0.15) is 12.6 Å². The number of hydrogen-bond acceptors (Lipinski definition) is 5. The number of ether oxygens (including phenoxy) is 2. The molecule has 8 heteroatoms. The Balaban J connectivity index is 1.35. The number of fused-ring (bicyclic) bond motifs is 3. The minimum atomic E-state index is -1.03. The van der Waals surface area contributed by atoms with E-state index in [2.05, 4.69) is 34.9 Å². The predicted octanol–water partition coefficient (Wildman–Crippen LogP) is 3.69. The van der Waals surface area contributed by atoms with Gasteiger partial charge < -0.3 is 25.2 Å². The number of carbonyl (C=O) groups is 3. The Morgan fingerprint density at radius 1 is 1.09 bits per heavy atom. The third kappa shape index (κ3) is 5.65. The number of carbonyl (C=O) groups excluding carboxylic acids is 2. The fourth-order valence-electron chi connectivity index (χ4n) is 4.93. The Morgan fingerprint density at radius 3 is 2.37 bits per heavy atom. The van der Waals surface area contributed by atoms with Gasteiger partial charge in [0.05, 0.1) is 0 Å². The largest absolute Gasteiger partial charge is 0.479 e. The summed E-state index contributed by atoms with van der Waals surface area (Å²) in [7, 11) is 0. The highest BCUT2D eigenvalue weighted by Gasteiger charge is 2.35. The van der Waals surface area contributed by atoms with E-state index in [9.17, 15) is 19.5 Å². The van der Waals surface area contributed by atoms with E-state index in [1.165, 1.54) is 0 Å². The average molecular weight is 481 g/mol. The number of unbranched alkanes of at least 4 members (excludes halogenated alkanes) is 1. The lowest BCUT2D eigenvalue weighted by atomic mass is 9.98. The second kappa shape index (κ2) is 11.4. The van der Waals surface area contributed by atoms with Crippen LogP contribution in [-0.4, -0.2) is 55.0 Å². The summed E-state index contributed by atoms with van der Waals surface area (Å²) in [4.78, 5) is 36.8. The number of rotatable bonds is 10. The third-order valence-corrected chi connectivity index (χ3v) is 6.79. The molecule has 0 radical (unpaired) electrons. The van der Waals surface area contributed by atoms with Crippen LogP contribution in [0.25, 0.3) is 11.1 Å². The molecule has 0 spiro atoms. The summed E-state index contributed by atoms with van der Waals surface area (Å²) in [6.45, 7) is 2.72. The van der Waals surface area contributed by atoms with E-state index in [0.717, 1.165) is 35.1 Å². The molecule has 35 heavy (non-hydrogen) atoms. The number of alkyl carbamates (subject to hydrolysis) is 1. The van der Waals surface area contributed by atoms with Crippen molar-refractivity contribution in [1.29, 1.82) is 0 Å². The van der Waals surface area contributed by atoms with E-state index in [1.807, 2.05) is 31.2 Å². The molecule has 0 aromatic heterocycles. The molecule has 0 bridgehead atoms. The maximum absolute atomic E-state index is 12.8. The molecular formula is C27H32N2O6. The summed E-state index contributed by atoms with van der Waals surface area (Å²) in [6.07, 6.45) is 1.10. The molecule has 186 valence electrons. The topological polar surface area (TPSA) is 114 Å². The zero-order chi connectivity index (χ0) is 24.8. The van der Waals surface area contributed by atoms with Crippen LogP contribution < -0.4 is 10.6 Å². The Bertz CT molecular complexity index is 1030. The minimum Gasteiger partial charge on any atom is -0.479 e. The van der Waals surface area contributed by atoms with Gasteiger partial charge in [-0.25, -0.2) is 9.59 Å². The van der Waals surface area contributed by atoms with Gasteiger partial charge in [0.25, 0.3) is 0 Å². The van der Waals surface area contributed by atoms with Gasteiger partial charge in [-0.1, -0.05) is 68.3 Å². The molecule has 2 aromatic carbocycles. The van der Waals surface area contributed by atoms with Crippen LogP contribution in [0.4, 0.5) is 4.79 Å². The fraction of sp³-hybridized carbons (Fsp3) is 0.444. The van der Waals surface area contributed by atoms with Crippen molar-refractivity contribution in [3.05, 3.63) is 59.7 Å². The van der Waals surface area contributed by atoms with Crippen molar-refractivity contribution in [3.63, 3.8) is 0 Å². The standard InChI is InChI=1S/C27H32N2O6/c1-2-3-12-23(25(30)28-15-17-13-14-34-24(17)26(31)32)29-27(33)35-16-22-20-10-6-4-8-18(20)19-9-5-7-11-21(19)22/h4-11,17,22-24H,2-3,12-16H2,1H3,(H,28,30)(H,29,33)(H,31,32). The van der Waals surface area contributed by atoms with Crippen molar-refractivity contribution in [2.75, 3.05) is 19.8 Å². The highest BCUT2D eigenvalue weighted by atomic mass is 16.5. The number of amides is 2. The first-order valence-electron chi connectivity index (χ1n) is 12.2. The predicted molar refractivity (Wildman–Crippen MR) is 130 cm³/mol. The van der Waals surface area contributed by atoms with Crippen LogP contribution in [0.2, 0.25) is 0 Å². The summed E-state index contributed by atoms with van der Waals surface area (Å²) in [5.41, 5.74) is 4.53. The van der Waals surface area contributed by atoms with Crippen LogP contribution in [0.5, 0.6) is 0 Å². The molecule has 8 nitrogen and oxygen atoms in total. The van der Waals surface area contributed by atoms with Gasteiger partial charge in [-0.3, -0.25) is 4.79 Å². The highest BCUT2D eigenvalue weighted by molar-refractivity contribution is 5.86. The summed E-state index contributed by atoms with van der Waals surface area (Å²) >= 11 is 0. The van der Waals surface area contributed by atoms with Crippen LogP contribution in [-0.2, 0) is 19.1 Å². The monoisotopic (exact) mass is 480 g/mol. The molecule has 1 saturated heterocycles. The Kier molecular flexibility index (Phi) is 8.02. The Hall–Kier alpha value is -3.39. The van der Waals surface area contributed by atoms with E-state index in [0.29, 0.717) is 19.4 Å². The Morgan fingerprint density at radius 2 is 1.74 bits per heavy atom. The van der Waals surface area contributed by atoms with Crippen LogP contribution in [0.1, 0.15) is 49.7 Å². The molecule has 2 aromatic rings. The normalized spacial score (nSPS) is 19.5. The lowest BCUT2D eigenvalue weighted by molar-refractivity contribution is -0.149. The summed E-state index contributed by atoms with van der Waals surface area (Å²) in [6, 6.07) is 15.5. The molecule has 1 aliphatic heterocycles. The van der Waals surface area contributed by atoms with E-state index in [1.54, 1.807) is 0 Å². The summed E-state index contributed by atoms with van der Waals surface area (Å²) < 4.78 is 10.8. The van der Waals surface area contributed by atoms with Gasteiger partial charge in [0, 0.05) is 25.0 Å². The number of hydrogen-bond donors (Lipinski definition) is 3. The van der Waals surface area contributed by atoms with Gasteiger partial charge in [0.2, 0.25) is 5.91 Å². The van der Waals surface area contributed by atoms with Crippen LogP contribution >= 0.6 is 0 Å². The molecule has 3 atom stereocenters. The number of benzene rings is 2. The molecule has 2 aliphatic rings. The van der Waals surface area contributed by atoms with Crippen molar-refractivity contribution >= 4 is 18.0 Å². The number of nitrogens with one attached hydrogen (secondary N) is 2. The van der Waals surface area contributed by atoms with Gasteiger partial charge in [-0.15, -0.1) is 0 Å². The van der Waals surface area contributed by atoms with E-state index in [-0.39, 0.29) is 30.9 Å². The molecule has 2 amide bonds. The van der Waals surface area contributed by atoms with Crippen molar-refractivity contribution < 1.29 is 29.0 Å². The zero-order valence-corrected chi connectivity index (χ0v) is 19.9. The lowest BCUT2D eigenvalue weighted by Gasteiger charge is -2.21. The van der Waals surface area contributed by atoms with Gasteiger partial charge in [-0.2, -0.15) is 0 Å². The van der Waals surface area contributed by atoms with Crippen molar-refractivity contribution in [1.82, 2.24) is 10.6 Å². The Labute approximate surface area is 205 Å². The molecule has 1 fully saturated rings. The van der Waals surface area contributed by atoms with Crippen molar-refractivity contribution in [3.8, 4) is 11.1 Å². The molecule has 1 heterocycles. The first kappa shape index (κ1) is 24.7. The second-order valence-electron chi connectivity index (χ2n) is 9.09. The zero-order valence-electron chi connectivity index (χ0n) is 19.9. The van der Waals surface area contributed by atoms with E-state index >= 15 is 0 Å². The molecule has 1 aliphatic carbocycles. The summed E-state index contributed by atoms with van der Waals surface area (Å²) in [5.74, 6) is -1.73. The van der Waals surface area contributed by atoms with Crippen LogP contribution in [0, 0.1) is 5.92 Å². The maximum Gasteiger partial charge on any atom is 0.407 e. The third-order valence-electron chi connectivity index (χ3n) is 6.79. The molecule has 4 rings (SSSR count). The number of carboxylic acid groups (broad SMARTS) is 1. The summed E-state index contributed by atoms with van der Waals surface area (Å²) in [5, 5.41) is 14.8. The van der Waals surface area contributed by atoms with Gasteiger partial charge >= 0.3 is 12.1 Å². The maximum atomic E-state index is 12.8. The minimum absolute atomic E-state index is 0.0635. The molecule has 0 saturated carbocycles. The molecule has 3 N–H and O–H groups in total. The quantitative estimate of drug-likeness (QED) is 0.478.